The van der Waals surface area contributed by atoms with E-state index in [1.165, 1.54) is 23.2 Å². The summed E-state index contributed by atoms with van der Waals surface area (Å²) in [5, 5.41) is 3.38. The predicted molar refractivity (Wildman–Crippen MR) is 85.2 cm³/mol. The van der Waals surface area contributed by atoms with Gasteiger partial charge in [-0.3, -0.25) is 0 Å². The van der Waals surface area contributed by atoms with Crippen LogP contribution in [0.15, 0.2) is 28.7 Å². The Bertz CT molecular complexity index is 608. The van der Waals surface area contributed by atoms with Crippen LogP contribution in [-0.2, 0) is 19.3 Å². The lowest BCUT2D eigenvalue weighted by atomic mass is 10.1. The smallest absolute Gasteiger partial charge is 0.135 e. The van der Waals surface area contributed by atoms with E-state index < -0.39 is 0 Å². The number of nitrogens with zero attached hydrogens (tertiary/aromatic N) is 2. The van der Waals surface area contributed by atoms with Crippen molar-refractivity contribution in [3.8, 4) is 0 Å². The van der Waals surface area contributed by atoms with E-state index in [9.17, 15) is 0 Å². The molecule has 0 fully saturated rings. The Labute approximate surface area is 128 Å². The molecule has 1 aliphatic carbocycles. The maximum Gasteiger partial charge on any atom is 0.135 e. The first-order valence-corrected chi connectivity index (χ1v) is 7.92. The van der Waals surface area contributed by atoms with Gasteiger partial charge in [0.15, 0.2) is 0 Å². The number of rotatable bonds is 4. The largest absolute Gasteiger partial charge is 0.370 e. The Hall–Kier alpha value is -1.42. The van der Waals surface area contributed by atoms with Crippen LogP contribution in [0, 0.1) is 0 Å². The van der Waals surface area contributed by atoms with Crippen LogP contribution in [0.5, 0.6) is 0 Å². The summed E-state index contributed by atoms with van der Waals surface area (Å²) in [4.78, 5) is 9.47. The van der Waals surface area contributed by atoms with Gasteiger partial charge in [0.2, 0.25) is 0 Å². The minimum absolute atomic E-state index is 0.791. The molecule has 0 unspecified atom stereocenters. The number of nitrogens with one attached hydrogen (secondary N) is 1. The lowest BCUT2D eigenvalue weighted by Crippen LogP contribution is -2.08. The Morgan fingerprint density at radius 3 is 2.70 bits per heavy atom. The minimum Gasteiger partial charge on any atom is -0.370 e. The summed E-state index contributed by atoms with van der Waals surface area (Å²) in [7, 11) is 0. The third kappa shape index (κ3) is 2.85. The first kappa shape index (κ1) is 13.6. The molecule has 104 valence electrons. The molecular formula is C16H18BrN3. The monoisotopic (exact) mass is 331 g/mol. The van der Waals surface area contributed by atoms with E-state index in [0.29, 0.717) is 0 Å². The second kappa shape index (κ2) is 5.92. The number of benzene rings is 1. The Morgan fingerprint density at radius 1 is 1.15 bits per heavy atom. The van der Waals surface area contributed by atoms with Crippen LogP contribution in [0.4, 0.5) is 5.82 Å². The molecule has 0 saturated heterocycles. The summed E-state index contributed by atoms with van der Waals surface area (Å²) < 4.78 is 1.10. The number of aryl methyl sites for hydroxylation is 1. The topological polar surface area (TPSA) is 37.8 Å². The molecule has 0 atom stereocenters. The van der Waals surface area contributed by atoms with Gasteiger partial charge in [0, 0.05) is 28.7 Å². The van der Waals surface area contributed by atoms with Gasteiger partial charge in [0.1, 0.15) is 11.6 Å². The molecule has 1 aromatic heterocycles. The SMILES string of the molecule is CCNc1nc(Cc2ccc(Br)cc2)nc2c1CCC2. The summed E-state index contributed by atoms with van der Waals surface area (Å²) in [6.45, 7) is 3.01. The van der Waals surface area contributed by atoms with E-state index in [4.69, 9.17) is 9.97 Å². The number of halogens is 1. The number of hydrogen-bond donors (Lipinski definition) is 1. The summed E-state index contributed by atoms with van der Waals surface area (Å²) in [6.07, 6.45) is 4.18. The van der Waals surface area contributed by atoms with Crippen molar-refractivity contribution in [3.05, 3.63) is 51.4 Å². The van der Waals surface area contributed by atoms with Gasteiger partial charge in [-0.1, -0.05) is 28.1 Å². The molecule has 1 N–H and O–H groups in total. The van der Waals surface area contributed by atoms with Crippen LogP contribution in [0.3, 0.4) is 0 Å². The standard InChI is InChI=1S/C16H18BrN3/c1-2-18-16-13-4-3-5-14(13)19-15(20-16)10-11-6-8-12(17)9-7-11/h6-9H,2-5,10H2,1H3,(H,18,19,20). The van der Waals surface area contributed by atoms with E-state index in [-0.39, 0.29) is 0 Å². The van der Waals surface area contributed by atoms with Gasteiger partial charge in [-0.15, -0.1) is 0 Å². The third-order valence-corrected chi connectivity index (χ3v) is 4.13. The summed E-state index contributed by atoms with van der Waals surface area (Å²) in [5.74, 6) is 1.96. The number of hydrogen-bond acceptors (Lipinski definition) is 3. The quantitative estimate of drug-likeness (QED) is 0.927. The molecule has 0 saturated carbocycles. The van der Waals surface area contributed by atoms with Gasteiger partial charge in [-0.25, -0.2) is 9.97 Å². The summed E-state index contributed by atoms with van der Waals surface area (Å²) >= 11 is 3.46. The molecule has 0 spiro atoms. The van der Waals surface area contributed by atoms with E-state index in [2.05, 4.69) is 52.4 Å². The molecule has 1 aromatic carbocycles. The van der Waals surface area contributed by atoms with Crippen LogP contribution in [0.2, 0.25) is 0 Å². The molecule has 0 bridgehead atoms. The second-order valence-electron chi connectivity index (χ2n) is 5.10. The van der Waals surface area contributed by atoms with Gasteiger partial charge < -0.3 is 5.32 Å². The summed E-state index contributed by atoms with van der Waals surface area (Å²) in [5.41, 5.74) is 3.81. The third-order valence-electron chi connectivity index (χ3n) is 3.60. The van der Waals surface area contributed by atoms with Crippen molar-refractivity contribution < 1.29 is 0 Å². The molecule has 3 rings (SSSR count). The highest BCUT2D eigenvalue weighted by Gasteiger charge is 2.18. The molecule has 0 amide bonds. The lowest BCUT2D eigenvalue weighted by molar-refractivity contribution is 0.885. The fourth-order valence-electron chi connectivity index (χ4n) is 2.66. The van der Waals surface area contributed by atoms with E-state index in [1.54, 1.807) is 0 Å². The zero-order chi connectivity index (χ0) is 13.9. The highest BCUT2D eigenvalue weighted by Crippen LogP contribution is 2.26. The molecule has 0 radical (unpaired) electrons. The van der Waals surface area contributed by atoms with E-state index in [0.717, 1.165) is 41.9 Å². The van der Waals surface area contributed by atoms with Gasteiger partial charge in [0.25, 0.3) is 0 Å². The Balaban J connectivity index is 1.89. The molecular weight excluding hydrogens is 314 g/mol. The fourth-order valence-corrected chi connectivity index (χ4v) is 2.93. The maximum absolute atomic E-state index is 4.75. The van der Waals surface area contributed by atoms with Crippen molar-refractivity contribution in [2.24, 2.45) is 0 Å². The number of anilines is 1. The van der Waals surface area contributed by atoms with Crippen LogP contribution >= 0.6 is 15.9 Å². The Morgan fingerprint density at radius 2 is 1.95 bits per heavy atom. The first-order chi connectivity index (χ1) is 9.76. The van der Waals surface area contributed by atoms with Gasteiger partial charge in [-0.2, -0.15) is 0 Å². The van der Waals surface area contributed by atoms with Gasteiger partial charge in [-0.05, 0) is 43.9 Å². The van der Waals surface area contributed by atoms with Gasteiger partial charge in [0.05, 0.1) is 0 Å². The highest BCUT2D eigenvalue weighted by molar-refractivity contribution is 9.10. The lowest BCUT2D eigenvalue weighted by Gasteiger charge is -2.11. The van der Waals surface area contributed by atoms with Gasteiger partial charge >= 0.3 is 0 Å². The second-order valence-corrected chi connectivity index (χ2v) is 6.02. The van der Waals surface area contributed by atoms with Crippen LogP contribution in [0.25, 0.3) is 0 Å². The van der Waals surface area contributed by atoms with Crippen molar-refractivity contribution in [1.82, 2.24) is 9.97 Å². The zero-order valence-corrected chi connectivity index (χ0v) is 13.2. The number of aromatic nitrogens is 2. The Kier molecular flexibility index (Phi) is 4.01. The van der Waals surface area contributed by atoms with Crippen LogP contribution < -0.4 is 5.32 Å². The molecule has 3 nitrogen and oxygen atoms in total. The van der Waals surface area contributed by atoms with E-state index >= 15 is 0 Å². The average molecular weight is 332 g/mol. The molecule has 4 heteroatoms. The maximum atomic E-state index is 4.75. The predicted octanol–water partition coefficient (Wildman–Crippen LogP) is 3.75. The fraction of sp³-hybridized carbons (Fsp3) is 0.375. The van der Waals surface area contributed by atoms with Crippen molar-refractivity contribution in [1.29, 1.82) is 0 Å². The molecule has 1 aliphatic rings. The minimum atomic E-state index is 0.791. The molecule has 1 heterocycles. The highest BCUT2D eigenvalue weighted by atomic mass is 79.9. The van der Waals surface area contributed by atoms with Crippen molar-refractivity contribution in [2.45, 2.75) is 32.6 Å². The molecule has 0 aliphatic heterocycles. The average Bonchev–Trinajstić information content (AvgIpc) is 2.90. The van der Waals surface area contributed by atoms with Crippen molar-refractivity contribution in [3.63, 3.8) is 0 Å². The first-order valence-electron chi connectivity index (χ1n) is 7.13. The van der Waals surface area contributed by atoms with Crippen molar-refractivity contribution >= 4 is 21.7 Å². The van der Waals surface area contributed by atoms with E-state index in [1.807, 2.05) is 0 Å². The summed E-state index contributed by atoms with van der Waals surface area (Å²) in [6, 6.07) is 8.36. The molecule has 20 heavy (non-hydrogen) atoms. The van der Waals surface area contributed by atoms with Crippen molar-refractivity contribution in [2.75, 3.05) is 11.9 Å². The normalized spacial score (nSPS) is 13.3. The number of fused-ring (bicyclic) bond motifs is 1. The van der Waals surface area contributed by atoms with Crippen LogP contribution in [0.1, 0.15) is 36.0 Å². The molecule has 2 aromatic rings. The van der Waals surface area contributed by atoms with Crippen LogP contribution in [-0.4, -0.2) is 16.5 Å². The zero-order valence-electron chi connectivity index (χ0n) is 11.6.